The van der Waals surface area contributed by atoms with Crippen LogP contribution in [0.5, 0.6) is 0 Å². The van der Waals surface area contributed by atoms with Crippen LogP contribution in [0, 0.1) is 0 Å². The third-order valence-electron chi connectivity index (χ3n) is 2.61. The minimum absolute atomic E-state index is 0.0203. The van der Waals surface area contributed by atoms with Crippen molar-refractivity contribution in [2.24, 2.45) is 0 Å². The fourth-order valence-electron chi connectivity index (χ4n) is 1.60. The molecule has 0 heterocycles. The molecular weight excluding hydrogens is 276 g/mol. The number of rotatable bonds is 8. The molecule has 0 aromatic heterocycles. The molecule has 0 unspecified atom stereocenters. The molecule has 0 aliphatic carbocycles. The number of methoxy groups -OCH3 is 1. The molecule has 0 aliphatic rings. The maximum atomic E-state index is 11.7. The van der Waals surface area contributed by atoms with Crippen LogP contribution < -0.4 is 10.6 Å². The van der Waals surface area contributed by atoms with Gasteiger partial charge in [0.2, 0.25) is 11.8 Å². The summed E-state index contributed by atoms with van der Waals surface area (Å²) >= 11 is 0. The second-order valence-electron chi connectivity index (χ2n) is 4.30. The molecule has 0 spiro atoms. The van der Waals surface area contributed by atoms with E-state index in [1.54, 1.807) is 12.1 Å². The van der Waals surface area contributed by atoms with Crippen LogP contribution in [0.25, 0.3) is 0 Å². The van der Waals surface area contributed by atoms with E-state index >= 15 is 0 Å². The predicted octanol–water partition coefficient (Wildman–Crippen LogP) is -0.194. The Morgan fingerprint density at radius 1 is 1.19 bits per heavy atom. The lowest BCUT2D eigenvalue weighted by atomic mass is 10.1. The predicted molar refractivity (Wildman–Crippen MR) is 75.0 cm³/mol. The smallest absolute Gasteiger partial charge is 0.335 e. The monoisotopic (exact) mass is 294 g/mol. The molecule has 0 fully saturated rings. The van der Waals surface area contributed by atoms with Gasteiger partial charge in [-0.1, -0.05) is 12.1 Å². The number of ether oxygens (including phenoxy) is 1. The van der Waals surface area contributed by atoms with Gasteiger partial charge in [0, 0.05) is 13.7 Å². The molecule has 0 radical (unpaired) electrons. The highest BCUT2D eigenvalue weighted by Gasteiger charge is 2.08. The van der Waals surface area contributed by atoms with Crippen LogP contribution in [0.3, 0.4) is 0 Å². The number of nitrogens with one attached hydrogen (secondary N) is 2. The Morgan fingerprint density at radius 3 is 2.62 bits per heavy atom. The maximum Gasteiger partial charge on any atom is 0.335 e. The number of aromatic carboxylic acids is 1. The lowest BCUT2D eigenvalue weighted by molar-refractivity contribution is -0.125. The van der Waals surface area contributed by atoms with Gasteiger partial charge in [0.15, 0.2) is 0 Å². The van der Waals surface area contributed by atoms with E-state index in [0.29, 0.717) is 18.7 Å². The molecular formula is C14H18N2O5. The Hall–Kier alpha value is -2.41. The van der Waals surface area contributed by atoms with Crippen LogP contribution in [-0.2, 0) is 20.7 Å². The summed E-state index contributed by atoms with van der Waals surface area (Å²) in [5.74, 6) is -1.70. The molecule has 1 aromatic rings. The van der Waals surface area contributed by atoms with Crippen molar-refractivity contribution < 1.29 is 24.2 Å². The molecule has 0 bridgehead atoms. The average molecular weight is 294 g/mol. The van der Waals surface area contributed by atoms with Crippen molar-refractivity contribution >= 4 is 17.8 Å². The number of hydrogen-bond donors (Lipinski definition) is 3. The molecule has 2 amide bonds. The molecule has 0 atom stereocenters. The van der Waals surface area contributed by atoms with Gasteiger partial charge in [-0.25, -0.2) is 4.79 Å². The number of carbonyl (C=O) groups is 3. The minimum atomic E-state index is -1.05. The van der Waals surface area contributed by atoms with Crippen LogP contribution in [0.15, 0.2) is 24.3 Å². The zero-order valence-corrected chi connectivity index (χ0v) is 11.7. The fourth-order valence-corrected chi connectivity index (χ4v) is 1.60. The van der Waals surface area contributed by atoms with E-state index in [4.69, 9.17) is 9.84 Å². The lowest BCUT2D eigenvalue weighted by Crippen LogP contribution is -2.38. The second-order valence-corrected chi connectivity index (χ2v) is 4.30. The second kappa shape index (κ2) is 8.70. The lowest BCUT2D eigenvalue weighted by Gasteiger charge is -2.07. The summed E-state index contributed by atoms with van der Waals surface area (Å²) < 4.78 is 4.78. The van der Waals surface area contributed by atoms with Crippen molar-refractivity contribution in [2.75, 3.05) is 26.8 Å². The third-order valence-corrected chi connectivity index (χ3v) is 2.61. The van der Waals surface area contributed by atoms with Gasteiger partial charge in [-0.3, -0.25) is 9.59 Å². The number of carboxylic acid groups (broad SMARTS) is 1. The number of amides is 2. The van der Waals surface area contributed by atoms with Crippen LogP contribution >= 0.6 is 0 Å². The average Bonchev–Trinajstić information content (AvgIpc) is 2.45. The Morgan fingerprint density at radius 2 is 1.95 bits per heavy atom. The molecule has 7 nitrogen and oxygen atoms in total. The first-order chi connectivity index (χ1) is 10.0. The van der Waals surface area contributed by atoms with Gasteiger partial charge in [0.05, 0.1) is 25.1 Å². The van der Waals surface area contributed by atoms with Gasteiger partial charge >= 0.3 is 5.97 Å². The number of carbonyl (C=O) groups excluding carboxylic acids is 2. The molecule has 21 heavy (non-hydrogen) atoms. The van der Waals surface area contributed by atoms with Crippen LogP contribution in [0.1, 0.15) is 15.9 Å². The van der Waals surface area contributed by atoms with Gasteiger partial charge in [0.25, 0.3) is 0 Å². The molecule has 0 saturated heterocycles. The van der Waals surface area contributed by atoms with Gasteiger partial charge in [0.1, 0.15) is 0 Å². The highest BCUT2D eigenvalue weighted by Crippen LogP contribution is 2.06. The Balaban J connectivity index is 2.38. The molecule has 114 valence electrons. The van der Waals surface area contributed by atoms with Crippen LogP contribution in [-0.4, -0.2) is 49.7 Å². The first-order valence-corrected chi connectivity index (χ1v) is 6.37. The SMILES string of the molecule is COCCNC(=O)CNC(=O)Cc1cccc(C(=O)O)c1. The Kier molecular flexibility index (Phi) is 6.90. The summed E-state index contributed by atoms with van der Waals surface area (Å²) in [7, 11) is 1.53. The molecule has 3 N–H and O–H groups in total. The molecule has 0 saturated carbocycles. The van der Waals surface area contributed by atoms with E-state index in [1.807, 2.05) is 0 Å². The van der Waals surface area contributed by atoms with E-state index in [1.165, 1.54) is 19.2 Å². The van der Waals surface area contributed by atoms with Gasteiger partial charge in [-0.2, -0.15) is 0 Å². The molecule has 1 aromatic carbocycles. The fraction of sp³-hybridized carbons (Fsp3) is 0.357. The summed E-state index contributed by atoms with van der Waals surface area (Å²) in [6.45, 7) is 0.661. The van der Waals surface area contributed by atoms with E-state index < -0.39 is 5.97 Å². The largest absolute Gasteiger partial charge is 0.478 e. The van der Waals surface area contributed by atoms with Crippen molar-refractivity contribution in [1.82, 2.24) is 10.6 Å². The summed E-state index contributed by atoms with van der Waals surface area (Å²) in [5, 5.41) is 13.9. The van der Waals surface area contributed by atoms with Crippen molar-refractivity contribution in [3.05, 3.63) is 35.4 Å². The Labute approximate surface area is 122 Å². The maximum absolute atomic E-state index is 11.7. The first-order valence-electron chi connectivity index (χ1n) is 6.37. The molecule has 1 rings (SSSR count). The van der Waals surface area contributed by atoms with E-state index in [-0.39, 0.29) is 30.3 Å². The Bertz CT molecular complexity index is 516. The summed E-state index contributed by atoms with van der Waals surface area (Å²) in [6.07, 6.45) is 0.0203. The zero-order chi connectivity index (χ0) is 15.7. The van der Waals surface area contributed by atoms with Crippen LogP contribution in [0.2, 0.25) is 0 Å². The van der Waals surface area contributed by atoms with Gasteiger partial charge in [-0.15, -0.1) is 0 Å². The van der Waals surface area contributed by atoms with Crippen molar-refractivity contribution in [2.45, 2.75) is 6.42 Å². The quantitative estimate of drug-likeness (QED) is 0.576. The number of benzene rings is 1. The molecule has 0 aliphatic heterocycles. The topological polar surface area (TPSA) is 105 Å². The van der Waals surface area contributed by atoms with Crippen molar-refractivity contribution in [1.29, 1.82) is 0 Å². The number of hydrogen-bond acceptors (Lipinski definition) is 4. The van der Waals surface area contributed by atoms with Gasteiger partial charge < -0.3 is 20.5 Å². The van der Waals surface area contributed by atoms with Gasteiger partial charge in [-0.05, 0) is 17.7 Å². The van der Waals surface area contributed by atoms with Crippen molar-refractivity contribution in [3.63, 3.8) is 0 Å². The first kappa shape index (κ1) is 16.6. The van der Waals surface area contributed by atoms with E-state index in [0.717, 1.165) is 0 Å². The summed E-state index contributed by atoms with van der Waals surface area (Å²) in [5.41, 5.74) is 0.699. The third kappa shape index (κ3) is 6.53. The normalized spacial score (nSPS) is 9.95. The summed E-state index contributed by atoms with van der Waals surface area (Å²) in [6, 6.07) is 6.11. The highest BCUT2D eigenvalue weighted by atomic mass is 16.5. The standard InChI is InChI=1S/C14H18N2O5/c1-21-6-5-15-13(18)9-16-12(17)8-10-3-2-4-11(7-10)14(19)20/h2-4,7H,5-6,8-9H2,1H3,(H,15,18)(H,16,17)(H,19,20). The minimum Gasteiger partial charge on any atom is -0.478 e. The summed E-state index contributed by atoms with van der Waals surface area (Å²) in [4.78, 5) is 33.8. The number of carboxylic acids is 1. The van der Waals surface area contributed by atoms with Crippen molar-refractivity contribution in [3.8, 4) is 0 Å². The van der Waals surface area contributed by atoms with E-state index in [9.17, 15) is 14.4 Å². The van der Waals surface area contributed by atoms with Crippen LogP contribution in [0.4, 0.5) is 0 Å². The highest BCUT2D eigenvalue weighted by molar-refractivity contribution is 5.89. The molecule has 7 heteroatoms. The van der Waals surface area contributed by atoms with E-state index in [2.05, 4.69) is 10.6 Å². The zero-order valence-electron chi connectivity index (χ0n) is 11.7.